The van der Waals surface area contributed by atoms with Crippen LogP contribution in [0.25, 0.3) is 11.5 Å². The molecule has 0 aliphatic carbocycles. The highest BCUT2D eigenvalue weighted by Crippen LogP contribution is 2.22. The van der Waals surface area contributed by atoms with Crippen LogP contribution in [0.5, 0.6) is 0 Å². The molecule has 9 nitrogen and oxygen atoms in total. The molecule has 1 saturated heterocycles. The Labute approximate surface area is 184 Å². The van der Waals surface area contributed by atoms with Gasteiger partial charge in [0.15, 0.2) is 5.82 Å². The molecule has 0 saturated carbocycles. The summed E-state index contributed by atoms with van der Waals surface area (Å²) in [4.78, 5) is 26.5. The van der Waals surface area contributed by atoms with E-state index in [-0.39, 0.29) is 12.5 Å². The Bertz CT molecular complexity index is 1210. The highest BCUT2D eigenvalue weighted by atomic mass is 35.5. The van der Waals surface area contributed by atoms with Crippen LogP contribution in [0, 0.1) is 0 Å². The van der Waals surface area contributed by atoms with Gasteiger partial charge in [-0.05, 0) is 36.2 Å². The summed E-state index contributed by atoms with van der Waals surface area (Å²) in [5.41, 5.74) is 3.06. The maximum Gasteiger partial charge on any atom is 0.253 e. The third-order valence-corrected chi connectivity index (χ3v) is 5.58. The normalized spacial score (nSPS) is 13.5. The Morgan fingerprint density at radius 1 is 1.19 bits per heavy atom. The van der Waals surface area contributed by atoms with Crippen molar-refractivity contribution in [1.82, 2.24) is 20.3 Å². The summed E-state index contributed by atoms with van der Waals surface area (Å²) in [7, 11) is -3.43. The number of carbonyl (C=O) groups is 1. The van der Waals surface area contributed by atoms with E-state index in [0.717, 1.165) is 25.0 Å². The number of benzene rings is 1. The predicted molar refractivity (Wildman–Crippen MR) is 120 cm³/mol. The van der Waals surface area contributed by atoms with Gasteiger partial charge in [0, 0.05) is 30.9 Å². The van der Waals surface area contributed by atoms with E-state index in [4.69, 9.17) is 11.6 Å². The Kier molecular flexibility index (Phi) is 5.84. The fourth-order valence-corrected chi connectivity index (χ4v) is 3.97. The average Bonchev–Trinajstić information content (AvgIpc) is 3.14. The van der Waals surface area contributed by atoms with Gasteiger partial charge >= 0.3 is 0 Å². The summed E-state index contributed by atoms with van der Waals surface area (Å²) in [6.45, 7) is 2.22. The summed E-state index contributed by atoms with van der Waals surface area (Å²) < 4.78 is 25.2. The third-order valence-electron chi connectivity index (χ3n) is 4.76. The first kappa shape index (κ1) is 21.1. The lowest BCUT2D eigenvalue weighted by Crippen LogP contribution is -2.37. The van der Waals surface area contributed by atoms with Gasteiger partial charge in [-0.2, -0.15) is 0 Å². The van der Waals surface area contributed by atoms with Gasteiger partial charge in [-0.3, -0.25) is 9.52 Å². The number of aromatic nitrogens is 3. The lowest BCUT2D eigenvalue weighted by molar-refractivity contribution is 0.0951. The molecule has 1 aliphatic heterocycles. The molecule has 3 N–H and O–H groups in total. The molecule has 0 radical (unpaired) electrons. The number of hydrogen-bond acceptors (Lipinski definition) is 6. The van der Waals surface area contributed by atoms with E-state index in [1.54, 1.807) is 36.8 Å². The summed E-state index contributed by atoms with van der Waals surface area (Å²) in [5, 5.41) is 3.16. The molecule has 0 bridgehead atoms. The summed E-state index contributed by atoms with van der Waals surface area (Å²) in [6.07, 6.45) is 7.39. The molecular weight excluding hydrogens is 440 g/mol. The van der Waals surface area contributed by atoms with E-state index in [2.05, 4.69) is 29.9 Å². The number of amides is 1. The first-order chi connectivity index (χ1) is 14.8. The van der Waals surface area contributed by atoms with Crippen LogP contribution in [0.4, 0.5) is 11.4 Å². The summed E-state index contributed by atoms with van der Waals surface area (Å²) in [5.74, 6) is 0.215. The van der Waals surface area contributed by atoms with Gasteiger partial charge in [0.05, 0.1) is 41.3 Å². The first-order valence-electron chi connectivity index (χ1n) is 9.58. The SMILES string of the molecule is CS(=O)(=O)Nc1cc(Cl)cc(CNC(=O)c2c[nH]c(-c3ncc(N4CCC4)cn3)c2)c1. The van der Waals surface area contributed by atoms with Crippen LogP contribution in [0.2, 0.25) is 5.02 Å². The van der Waals surface area contributed by atoms with Crippen molar-refractivity contribution in [1.29, 1.82) is 0 Å². The van der Waals surface area contributed by atoms with E-state index >= 15 is 0 Å². The van der Waals surface area contributed by atoms with Gasteiger partial charge in [-0.25, -0.2) is 18.4 Å². The van der Waals surface area contributed by atoms with Crippen molar-refractivity contribution in [2.75, 3.05) is 29.0 Å². The quantitative estimate of drug-likeness (QED) is 0.498. The number of nitrogens with one attached hydrogen (secondary N) is 3. The van der Waals surface area contributed by atoms with Crippen molar-refractivity contribution < 1.29 is 13.2 Å². The van der Waals surface area contributed by atoms with Crippen molar-refractivity contribution in [2.45, 2.75) is 13.0 Å². The molecule has 0 unspecified atom stereocenters. The van der Waals surface area contributed by atoms with E-state index in [0.29, 0.717) is 33.4 Å². The Morgan fingerprint density at radius 2 is 1.94 bits per heavy atom. The number of sulfonamides is 1. The smallest absolute Gasteiger partial charge is 0.253 e. The average molecular weight is 461 g/mol. The molecule has 1 fully saturated rings. The molecule has 3 heterocycles. The zero-order valence-corrected chi connectivity index (χ0v) is 18.3. The van der Waals surface area contributed by atoms with E-state index < -0.39 is 10.0 Å². The van der Waals surface area contributed by atoms with Crippen molar-refractivity contribution in [3.63, 3.8) is 0 Å². The second-order valence-electron chi connectivity index (χ2n) is 7.31. The van der Waals surface area contributed by atoms with Crippen LogP contribution < -0.4 is 14.9 Å². The predicted octanol–water partition coefficient (Wildman–Crippen LogP) is 2.64. The van der Waals surface area contributed by atoms with Crippen molar-refractivity contribution >= 4 is 38.9 Å². The lowest BCUT2D eigenvalue weighted by atomic mass is 10.2. The number of anilines is 2. The standard InChI is InChI=1S/C20H21ClN6O3S/c1-31(29,30)26-16-6-13(5-15(21)8-16)9-25-20(28)14-7-18(22-10-14)19-23-11-17(12-24-19)27-3-2-4-27/h5-8,10-12,22,26H,2-4,9H2,1H3,(H,25,28). The molecule has 11 heteroatoms. The van der Waals surface area contributed by atoms with Gasteiger partial charge < -0.3 is 15.2 Å². The molecule has 0 atom stereocenters. The van der Waals surface area contributed by atoms with Gasteiger partial charge in [-0.1, -0.05) is 11.6 Å². The number of halogens is 1. The summed E-state index contributed by atoms with van der Waals surface area (Å²) in [6, 6.07) is 6.46. The maximum absolute atomic E-state index is 12.5. The van der Waals surface area contributed by atoms with Crippen molar-refractivity contribution in [3.8, 4) is 11.5 Å². The van der Waals surface area contributed by atoms with Crippen LogP contribution in [0.3, 0.4) is 0 Å². The van der Waals surface area contributed by atoms with Gasteiger partial charge in [-0.15, -0.1) is 0 Å². The monoisotopic (exact) mass is 460 g/mol. The molecule has 31 heavy (non-hydrogen) atoms. The number of H-pyrrole nitrogens is 1. The first-order valence-corrected chi connectivity index (χ1v) is 11.8. The minimum atomic E-state index is -3.43. The third kappa shape index (κ3) is 5.33. The zero-order valence-electron chi connectivity index (χ0n) is 16.7. The van der Waals surface area contributed by atoms with Crippen molar-refractivity contribution in [2.24, 2.45) is 0 Å². The Balaban J connectivity index is 1.40. The topological polar surface area (TPSA) is 120 Å². The van der Waals surface area contributed by atoms with Crippen LogP contribution in [0.15, 0.2) is 42.9 Å². The van der Waals surface area contributed by atoms with Gasteiger partial charge in [0.1, 0.15) is 0 Å². The fraction of sp³-hybridized carbons (Fsp3) is 0.250. The van der Waals surface area contributed by atoms with Gasteiger partial charge in [0.25, 0.3) is 5.91 Å². The molecular formula is C20H21ClN6O3S. The van der Waals surface area contributed by atoms with E-state index in [1.165, 1.54) is 12.5 Å². The molecule has 1 aliphatic rings. The molecule has 4 rings (SSSR count). The van der Waals surface area contributed by atoms with E-state index in [1.807, 2.05) is 0 Å². The number of hydrogen-bond donors (Lipinski definition) is 3. The second-order valence-corrected chi connectivity index (χ2v) is 9.50. The van der Waals surface area contributed by atoms with Crippen molar-refractivity contribution in [3.05, 3.63) is 59.0 Å². The molecule has 2 aromatic heterocycles. The molecule has 0 spiro atoms. The Morgan fingerprint density at radius 3 is 2.58 bits per heavy atom. The number of nitrogens with zero attached hydrogens (tertiary/aromatic N) is 3. The number of aromatic amines is 1. The van der Waals surface area contributed by atoms with Crippen LogP contribution in [0.1, 0.15) is 22.3 Å². The van der Waals surface area contributed by atoms with Crippen LogP contribution >= 0.6 is 11.6 Å². The van der Waals surface area contributed by atoms with E-state index in [9.17, 15) is 13.2 Å². The van der Waals surface area contributed by atoms with Crippen LogP contribution in [-0.4, -0.2) is 48.6 Å². The Hall–Kier alpha value is -3.11. The molecule has 1 aromatic carbocycles. The minimum absolute atomic E-state index is 0.180. The van der Waals surface area contributed by atoms with Gasteiger partial charge in [0.2, 0.25) is 10.0 Å². The minimum Gasteiger partial charge on any atom is -0.369 e. The zero-order chi connectivity index (χ0) is 22.0. The molecule has 162 valence electrons. The highest BCUT2D eigenvalue weighted by Gasteiger charge is 2.16. The highest BCUT2D eigenvalue weighted by molar-refractivity contribution is 7.92. The fourth-order valence-electron chi connectivity index (χ4n) is 3.16. The number of rotatable bonds is 7. The second kappa shape index (κ2) is 8.56. The molecule has 3 aromatic rings. The van der Waals surface area contributed by atoms with Crippen LogP contribution in [-0.2, 0) is 16.6 Å². The lowest BCUT2D eigenvalue weighted by Gasteiger charge is -2.32. The largest absolute Gasteiger partial charge is 0.369 e. The summed E-state index contributed by atoms with van der Waals surface area (Å²) >= 11 is 6.06. The number of carbonyl (C=O) groups excluding carboxylic acids is 1. The maximum atomic E-state index is 12.5. The molecule has 1 amide bonds.